The maximum absolute atomic E-state index is 4.99. The maximum Gasteiger partial charge on any atom is 0.160 e. The van der Waals surface area contributed by atoms with Gasteiger partial charge in [-0.15, -0.1) is 0 Å². The maximum atomic E-state index is 4.99. The van der Waals surface area contributed by atoms with Crippen LogP contribution in [-0.4, -0.2) is 52.7 Å². The lowest BCUT2D eigenvalue weighted by atomic mass is 9.96. The molecule has 0 saturated carbocycles. The van der Waals surface area contributed by atoms with Crippen molar-refractivity contribution in [2.24, 2.45) is 5.92 Å². The minimum absolute atomic E-state index is 0.541. The monoisotopic (exact) mass is 313 g/mol. The summed E-state index contributed by atoms with van der Waals surface area (Å²) in [6, 6.07) is 4.10. The number of hydrogen-bond acceptors (Lipinski definition) is 4. The first-order valence-electron chi connectivity index (χ1n) is 9.01. The Morgan fingerprint density at radius 3 is 3.09 bits per heavy atom. The molecule has 5 heteroatoms. The van der Waals surface area contributed by atoms with Crippen LogP contribution >= 0.6 is 0 Å². The molecule has 0 spiro atoms. The van der Waals surface area contributed by atoms with E-state index in [0.29, 0.717) is 11.8 Å². The SMILES string of the molecule is CN1CCCC(c2nc3cccnc3n2CC2CCCNC2)C1. The standard InChI is InChI=1S/C18H27N5/c1-22-10-4-6-15(13-22)17-21-16-7-3-9-20-18(16)23(17)12-14-5-2-8-19-11-14/h3,7,9,14-15,19H,2,4-6,8,10-13H2,1H3. The van der Waals surface area contributed by atoms with Crippen molar-refractivity contribution >= 4 is 11.2 Å². The number of nitrogens with zero attached hydrogens (tertiary/aromatic N) is 4. The van der Waals surface area contributed by atoms with Crippen molar-refractivity contribution in [3.8, 4) is 0 Å². The molecule has 2 unspecified atom stereocenters. The topological polar surface area (TPSA) is 46.0 Å². The second-order valence-electron chi connectivity index (χ2n) is 7.24. The average Bonchev–Trinajstić information content (AvgIpc) is 2.95. The number of piperidine rings is 2. The third kappa shape index (κ3) is 3.12. The molecule has 0 bridgehead atoms. The molecule has 0 radical (unpaired) electrons. The van der Waals surface area contributed by atoms with Gasteiger partial charge in [0.25, 0.3) is 0 Å². The fraction of sp³-hybridized carbons (Fsp3) is 0.667. The van der Waals surface area contributed by atoms with Gasteiger partial charge in [-0.05, 0) is 70.4 Å². The first-order valence-corrected chi connectivity index (χ1v) is 9.01. The highest BCUT2D eigenvalue weighted by Crippen LogP contribution is 2.29. The summed E-state index contributed by atoms with van der Waals surface area (Å²) in [5, 5.41) is 3.54. The first kappa shape index (κ1) is 15.1. The number of likely N-dealkylation sites (N-methyl/N-ethyl adjacent to an activating group) is 1. The van der Waals surface area contributed by atoms with E-state index in [2.05, 4.69) is 32.9 Å². The number of hydrogen-bond donors (Lipinski definition) is 1. The summed E-state index contributed by atoms with van der Waals surface area (Å²) in [6.45, 7) is 5.67. The Hall–Kier alpha value is -1.46. The lowest BCUT2D eigenvalue weighted by molar-refractivity contribution is 0.240. The van der Waals surface area contributed by atoms with Crippen LogP contribution in [0, 0.1) is 5.92 Å². The van der Waals surface area contributed by atoms with Gasteiger partial charge in [-0.1, -0.05) is 0 Å². The molecule has 0 aromatic carbocycles. The van der Waals surface area contributed by atoms with Gasteiger partial charge < -0.3 is 14.8 Å². The van der Waals surface area contributed by atoms with Crippen molar-refractivity contribution in [3.63, 3.8) is 0 Å². The number of nitrogens with one attached hydrogen (secondary N) is 1. The molecule has 2 saturated heterocycles. The Morgan fingerprint density at radius 2 is 2.26 bits per heavy atom. The smallest absolute Gasteiger partial charge is 0.160 e. The van der Waals surface area contributed by atoms with Crippen molar-refractivity contribution < 1.29 is 0 Å². The van der Waals surface area contributed by atoms with Crippen LogP contribution < -0.4 is 5.32 Å². The Kier molecular flexibility index (Phi) is 4.31. The number of likely N-dealkylation sites (tertiary alicyclic amines) is 1. The van der Waals surface area contributed by atoms with E-state index in [1.54, 1.807) is 0 Å². The van der Waals surface area contributed by atoms with Gasteiger partial charge in [-0.25, -0.2) is 9.97 Å². The van der Waals surface area contributed by atoms with Gasteiger partial charge in [-0.2, -0.15) is 0 Å². The fourth-order valence-corrected chi connectivity index (χ4v) is 4.18. The first-order chi connectivity index (χ1) is 11.3. The molecule has 23 heavy (non-hydrogen) atoms. The van der Waals surface area contributed by atoms with Gasteiger partial charge in [0.05, 0.1) is 0 Å². The van der Waals surface area contributed by atoms with Crippen LogP contribution in [-0.2, 0) is 6.54 Å². The van der Waals surface area contributed by atoms with Gasteiger partial charge in [0, 0.05) is 25.2 Å². The van der Waals surface area contributed by atoms with Gasteiger partial charge in [0.2, 0.25) is 0 Å². The summed E-state index contributed by atoms with van der Waals surface area (Å²) in [7, 11) is 2.22. The van der Waals surface area contributed by atoms with Crippen LogP contribution in [0.4, 0.5) is 0 Å². The molecular formula is C18H27N5. The lowest BCUT2D eigenvalue weighted by Gasteiger charge is -2.30. The summed E-state index contributed by atoms with van der Waals surface area (Å²) >= 11 is 0. The van der Waals surface area contributed by atoms with E-state index in [0.717, 1.165) is 30.8 Å². The lowest BCUT2D eigenvalue weighted by Crippen LogP contribution is -2.34. The minimum atomic E-state index is 0.541. The highest BCUT2D eigenvalue weighted by molar-refractivity contribution is 5.71. The van der Waals surface area contributed by atoms with Crippen molar-refractivity contribution in [2.45, 2.75) is 38.1 Å². The van der Waals surface area contributed by atoms with Gasteiger partial charge in [-0.3, -0.25) is 0 Å². The van der Waals surface area contributed by atoms with Crippen molar-refractivity contribution in [3.05, 3.63) is 24.2 Å². The summed E-state index contributed by atoms with van der Waals surface area (Å²) in [5.74, 6) is 2.50. The van der Waals surface area contributed by atoms with E-state index < -0.39 is 0 Å². The van der Waals surface area contributed by atoms with E-state index in [4.69, 9.17) is 4.98 Å². The molecule has 2 aliphatic rings. The predicted octanol–water partition coefficient (Wildman–Crippen LogP) is 2.24. The van der Waals surface area contributed by atoms with Crippen LogP contribution in [0.5, 0.6) is 0 Å². The Balaban J connectivity index is 1.68. The quantitative estimate of drug-likeness (QED) is 0.944. The molecule has 1 N–H and O–H groups in total. The normalized spacial score (nSPS) is 26.7. The molecular weight excluding hydrogens is 286 g/mol. The zero-order valence-electron chi connectivity index (χ0n) is 14.0. The Labute approximate surface area is 138 Å². The molecule has 4 rings (SSSR count). The van der Waals surface area contributed by atoms with Gasteiger partial charge in [0.1, 0.15) is 11.3 Å². The van der Waals surface area contributed by atoms with E-state index >= 15 is 0 Å². The fourth-order valence-electron chi connectivity index (χ4n) is 4.18. The van der Waals surface area contributed by atoms with Crippen LogP contribution in [0.15, 0.2) is 18.3 Å². The predicted molar refractivity (Wildman–Crippen MR) is 92.6 cm³/mol. The molecule has 2 aromatic heterocycles. The number of pyridine rings is 1. The average molecular weight is 313 g/mol. The van der Waals surface area contributed by atoms with Crippen LogP contribution in [0.2, 0.25) is 0 Å². The third-order valence-electron chi connectivity index (χ3n) is 5.36. The molecule has 2 aromatic rings. The molecule has 4 heterocycles. The summed E-state index contributed by atoms with van der Waals surface area (Å²) < 4.78 is 2.43. The van der Waals surface area contributed by atoms with Crippen molar-refractivity contribution in [2.75, 3.05) is 33.2 Å². The number of fused-ring (bicyclic) bond motifs is 1. The molecule has 2 atom stereocenters. The van der Waals surface area contributed by atoms with E-state index in [1.807, 2.05) is 12.3 Å². The summed E-state index contributed by atoms with van der Waals surface area (Å²) in [5.41, 5.74) is 2.13. The zero-order chi connectivity index (χ0) is 15.6. The van der Waals surface area contributed by atoms with Crippen molar-refractivity contribution in [1.82, 2.24) is 24.8 Å². The van der Waals surface area contributed by atoms with Crippen molar-refractivity contribution in [1.29, 1.82) is 0 Å². The number of imidazole rings is 1. The molecule has 2 fully saturated rings. The molecule has 0 amide bonds. The van der Waals surface area contributed by atoms with Crippen LogP contribution in [0.3, 0.4) is 0 Å². The zero-order valence-corrected chi connectivity index (χ0v) is 14.0. The second kappa shape index (κ2) is 6.57. The molecule has 0 aliphatic carbocycles. The Morgan fingerprint density at radius 1 is 1.30 bits per heavy atom. The largest absolute Gasteiger partial charge is 0.316 e. The number of aromatic nitrogens is 3. The third-order valence-corrected chi connectivity index (χ3v) is 5.36. The number of rotatable bonds is 3. The molecule has 5 nitrogen and oxygen atoms in total. The van der Waals surface area contributed by atoms with E-state index in [-0.39, 0.29) is 0 Å². The van der Waals surface area contributed by atoms with E-state index in [9.17, 15) is 0 Å². The van der Waals surface area contributed by atoms with Gasteiger partial charge >= 0.3 is 0 Å². The summed E-state index contributed by atoms with van der Waals surface area (Å²) in [4.78, 5) is 12.1. The molecule has 124 valence electrons. The van der Waals surface area contributed by atoms with Crippen LogP contribution in [0.1, 0.15) is 37.4 Å². The summed E-state index contributed by atoms with van der Waals surface area (Å²) in [6.07, 6.45) is 7.01. The second-order valence-corrected chi connectivity index (χ2v) is 7.24. The van der Waals surface area contributed by atoms with E-state index in [1.165, 1.54) is 44.6 Å². The highest BCUT2D eigenvalue weighted by Gasteiger charge is 2.26. The highest BCUT2D eigenvalue weighted by atomic mass is 15.2. The minimum Gasteiger partial charge on any atom is -0.316 e. The Bertz CT molecular complexity index is 658. The molecule has 2 aliphatic heterocycles. The van der Waals surface area contributed by atoms with Gasteiger partial charge in [0.15, 0.2) is 5.65 Å². The van der Waals surface area contributed by atoms with Crippen LogP contribution in [0.25, 0.3) is 11.2 Å².